The molecular weight excluding hydrogens is 233 g/mol. The molecule has 1 aliphatic rings. The SMILES string of the molecule is CN1C=[N+](C)CC1.F[P-](F)(F)(F)(F)F. The summed E-state index contributed by atoms with van der Waals surface area (Å²) >= 11 is 0. The summed E-state index contributed by atoms with van der Waals surface area (Å²) in [6, 6.07) is 0. The van der Waals surface area contributed by atoms with Gasteiger partial charge in [0.2, 0.25) is 6.34 Å². The van der Waals surface area contributed by atoms with Crippen molar-refractivity contribution in [2.45, 2.75) is 0 Å². The fourth-order valence-corrected chi connectivity index (χ4v) is 0.767. The fourth-order valence-electron chi connectivity index (χ4n) is 0.767. The van der Waals surface area contributed by atoms with E-state index in [1.165, 1.54) is 13.1 Å². The van der Waals surface area contributed by atoms with Gasteiger partial charge in [0, 0.05) is 0 Å². The Balaban J connectivity index is 0.000000241. The first-order chi connectivity index (χ1) is 5.74. The quantitative estimate of drug-likeness (QED) is 0.360. The van der Waals surface area contributed by atoms with Crippen LogP contribution in [0.5, 0.6) is 0 Å². The fraction of sp³-hybridized carbons (Fsp3) is 0.800. The Labute approximate surface area is 77.0 Å². The van der Waals surface area contributed by atoms with E-state index < -0.39 is 7.81 Å². The molecule has 1 rings (SSSR count). The normalized spacial score (nSPS) is 21.7. The van der Waals surface area contributed by atoms with Crippen LogP contribution in [0.15, 0.2) is 0 Å². The molecule has 0 saturated heterocycles. The zero-order valence-corrected chi connectivity index (χ0v) is 8.50. The van der Waals surface area contributed by atoms with E-state index in [0.29, 0.717) is 0 Å². The van der Waals surface area contributed by atoms with Crippen LogP contribution in [0.1, 0.15) is 0 Å². The van der Waals surface area contributed by atoms with E-state index in [4.69, 9.17) is 0 Å². The number of hydrogen-bond acceptors (Lipinski definition) is 1. The van der Waals surface area contributed by atoms with Crippen molar-refractivity contribution >= 4 is 14.1 Å². The third-order valence-electron chi connectivity index (χ3n) is 1.20. The summed E-state index contributed by atoms with van der Waals surface area (Å²) in [5.41, 5.74) is 0. The third kappa shape index (κ3) is 17.5. The molecule has 0 saturated carbocycles. The van der Waals surface area contributed by atoms with Crippen LogP contribution in [-0.2, 0) is 0 Å². The molecule has 14 heavy (non-hydrogen) atoms. The summed E-state index contributed by atoms with van der Waals surface area (Å²) in [5.74, 6) is 0. The van der Waals surface area contributed by atoms with Gasteiger partial charge >= 0.3 is 33.0 Å². The Bertz CT molecular complexity index is 229. The molecule has 0 amide bonds. The van der Waals surface area contributed by atoms with E-state index in [-0.39, 0.29) is 0 Å². The van der Waals surface area contributed by atoms with Crippen molar-refractivity contribution < 1.29 is 29.8 Å². The Morgan fingerprint density at radius 1 is 1.14 bits per heavy atom. The maximum absolute atomic E-state index is 10.7. The van der Waals surface area contributed by atoms with E-state index in [1.807, 2.05) is 0 Å². The number of nitrogens with zero attached hydrogens (tertiary/aromatic N) is 2. The first-order valence-electron chi connectivity index (χ1n) is 3.56. The second-order valence-electron chi connectivity index (χ2n) is 3.04. The minimum absolute atomic E-state index is 1.18. The predicted octanol–water partition coefficient (Wildman–Crippen LogP) is 2.98. The topological polar surface area (TPSA) is 6.25 Å². The van der Waals surface area contributed by atoms with Gasteiger partial charge in [0.05, 0.1) is 14.1 Å². The van der Waals surface area contributed by atoms with E-state index in [1.54, 1.807) is 0 Å². The van der Waals surface area contributed by atoms with Gasteiger partial charge in [-0.25, -0.2) is 0 Å². The third-order valence-corrected chi connectivity index (χ3v) is 1.20. The van der Waals surface area contributed by atoms with E-state index in [9.17, 15) is 25.2 Å². The molecule has 0 spiro atoms. The van der Waals surface area contributed by atoms with Crippen LogP contribution in [-0.4, -0.2) is 43.0 Å². The Morgan fingerprint density at radius 2 is 1.50 bits per heavy atom. The standard InChI is InChI=1S/C5H11N2.F6P/c1-6-3-4-7(2)5-6;1-7(2,3,4,5)6/h5H,3-4H2,1-2H3;/q+1;-1. The zero-order valence-electron chi connectivity index (χ0n) is 7.60. The molecule has 0 aliphatic carbocycles. The van der Waals surface area contributed by atoms with E-state index in [2.05, 4.69) is 29.9 Å². The van der Waals surface area contributed by atoms with Gasteiger partial charge in [0.25, 0.3) is 0 Å². The van der Waals surface area contributed by atoms with Crippen LogP contribution in [0, 0.1) is 0 Å². The van der Waals surface area contributed by atoms with Crippen LogP contribution in [0.2, 0.25) is 0 Å². The van der Waals surface area contributed by atoms with Gasteiger partial charge in [-0.3, -0.25) is 9.48 Å². The molecule has 9 heteroatoms. The molecule has 0 radical (unpaired) electrons. The first-order valence-corrected chi connectivity index (χ1v) is 5.59. The molecule has 0 fully saturated rings. The zero-order chi connectivity index (χ0) is 11.7. The molecule has 0 bridgehead atoms. The molecule has 0 N–H and O–H groups in total. The van der Waals surface area contributed by atoms with E-state index >= 15 is 0 Å². The predicted molar refractivity (Wildman–Crippen MR) is 43.3 cm³/mol. The summed E-state index contributed by atoms with van der Waals surface area (Å²) in [6.07, 6.45) is 2.11. The molecular formula is C5H11F6N2P. The Hall–Kier alpha value is -0.520. The summed E-state index contributed by atoms with van der Waals surface area (Å²) in [6.45, 7) is 2.35. The monoisotopic (exact) mass is 244 g/mol. The average Bonchev–Trinajstić information content (AvgIpc) is 2.04. The maximum atomic E-state index is 9.87. The van der Waals surface area contributed by atoms with Gasteiger partial charge in [-0.05, 0) is 0 Å². The molecule has 0 atom stereocenters. The number of halogens is 6. The molecule has 1 aliphatic heterocycles. The number of hydrogen-bond donors (Lipinski definition) is 0. The van der Waals surface area contributed by atoms with Gasteiger partial charge in [-0.2, -0.15) is 0 Å². The summed E-state index contributed by atoms with van der Waals surface area (Å²) in [4.78, 5) is 2.18. The summed E-state index contributed by atoms with van der Waals surface area (Å²) in [5, 5.41) is 0. The Morgan fingerprint density at radius 3 is 1.57 bits per heavy atom. The van der Waals surface area contributed by atoms with Gasteiger partial charge < -0.3 is 0 Å². The van der Waals surface area contributed by atoms with Crippen molar-refractivity contribution in [2.24, 2.45) is 0 Å². The van der Waals surface area contributed by atoms with Gasteiger partial charge in [0.1, 0.15) is 13.1 Å². The molecule has 0 aromatic carbocycles. The van der Waals surface area contributed by atoms with Crippen LogP contribution in [0.3, 0.4) is 0 Å². The summed E-state index contributed by atoms with van der Waals surface area (Å²) in [7, 11) is -6.48. The number of rotatable bonds is 0. The number of likely N-dealkylation sites (N-methyl/N-ethyl adjacent to an activating group) is 2. The van der Waals surface area contributed by atoms with Gasteiger partial charge in [-0.1, -0.05) is 0 Å². The van der Waals surface area contributed by atoms with Crippen molar-refractivity contribution in [1.82, 2.24) is 4.90 Å². The van der Waals surface area contributed by atoms with Crippen LogP contribution < -0.4 is 0 Å². The van der Waals surface area contributed by atoms with Gasteiger partial charge in [0.15, 0.2) is 0 Å². The average molecular weight is 244 g/mol. The van der Waals surface area contributed by atoms with Crippen LogP contribution in [0.25, 0.3) is 0 Å². The van der Waals surface area contributed by atoms with Crippen molar-refractivity contribution in [3.8, 4) is 0 Å². The van der Waals surface area contributed by atoms with Crippen molar-refractivity contribution in [2.75, 3.05) is 27.2 Å². The van der Waals surface area contributed by atoms with E-state index in [0.717, 1.165) is 0 Å². The first kappa shape index (κ1) is 13.5. The van der Waals surface area contributed by atoms with Gasteiger partial charge in [-0.15, -0.1) is 0 Å². The van der Waals surface area contributed by atoms with Crippen molar-refractivity contribution in [1.29, 1.82) is 0 Å². The van der Waals surface area contributed by atoms with Crippen molar-refractivity contribution in [3.63, 3.8) is 0 Å². The summed E-state index contributed by atoms with van der Waals surface area (Å²) < 4.78 is 61.4. The molecule has 88 valence electrons. The second-order valence-corrected chi connectivity index (χ2v) is 4.95. The molecule has 0 unspecified atom stereocenters. The van der Waals surface area contributed by atoms with Crippen LogP contribution >= 0.6 is 7.81 Å². The molecule has 0 aromatic heterocycles. The second kappa shape index (κ2) is 2.98. The molecule has 0 aromatic rings. The molecule has 1 heterocycles. The van der Waals surface area contributed by atoms with Crippen LogP contribution in [0.4, 0.5) is 25.2 Å². The Kier molecular flexibility index (Phi) is 2.87. The minimum atomic E-state index is -10.7. The van der Waals surface area contributed by atoms with Crippen molar-refractivity contribution in [3.05, 3.63) is 0 Å². The molecule has 2 nitrogen and oxygen atoms in total.